The van der Waals surface area contributed by atoms with Crippen LogP contribution in [0.3, 0.4) is 0 Å². The number of ketones is 1. The normalized spacial score (nSPS) is 28.3. The number of amides is 1. The van der Waals surface area contributed by atoms with Crippen molar-refractivity contribution in [2.75, 3.05) is 31.2 Å². The lowest BCUT2D eigenvalue weighted by atomic mass is 9.77. The predicted molar refractivity (Wildman–Crippen MR) is 140 cm³/mol. The molecule has 5 nitrogen and oxygen atoms in total. The quantitative estimate of drug-likeness (QED) is 0.477. The average Bonchev–Trinajstić information content (AvgIpc) is 3.61. The van der Waals surface area contributed by atoms with E-state index < -0.39 is 10.8 Å². The molecule has 4 unspecified atom stereocenters. The van der Waals surface area contributed by atoms with Crippen molar-refractivity contribution >= 4 is 52.1 Å². The van der Waals surface area contributed by atoms with Crippen LogP contribution in [-0.4, -0.2) is 43.2 Å². The Morgan fingerprint density at radius 2 is 1.74 bits per heavy atom. The number of anilines is 1. The van der Waals surface area contributed by atoms with Crippen LogP contribution >= 0.6 is 34.7 Å². The lowest BCUT2D eigenvalue weighted by Gasteiger charge is -2.40. The monoisotopic (exact) mass is 524 g/mol. The number of thiophene rings is 1. The molecule has 0 aliphatic carbocycles. The molecule has 2 aromatic carbocycles. The molecule has 0 radical (unpaired) electrons. The average molecular weight is 525 g/mol. The van der Waals surface area contributed by atoms with Gasteiger partial charge in [0, 0.05) is 41.9 Å². The topological polar surface area (TPSA) is 58.6 Å². The molecule has 6 rings (SSSR count). The number of halogens is 1. The summed E-state index contributed by atoms with van der Waals surface area (Å²) in [6.07, 6.45) is 0.197. The van der Waals surface area contributed by atoms with Gasteiger partial charge < -0.3 is 15.0 Å². The van der Waals surface area contributed by atoms with Gasteiger partial charge in [-0.25, -0.2) is 0 Å². The number of rotatable bonds is 5. The molecule has 4 heterocycles. The predicted octanol–water partition coefficient (Wildman–Crippen LogP) is 4.98. The van der Waals surface area contributed by atoms with Crippen molar-refractivity contribution in [1.29, 1.82) is 0 Å². The zero-order valence-electron chi connectivity index (χ0n) is 19.0. The molecule has 3 saturated heterocycles. The Balaban J connectivity index is 1.28. The first-order valence-electron chi connectivity index (χ1n) is 11.8. The van der Waals surface area contributed by atoms with Gasteiger partial charge in [-0.05, 0) is 52.2 Å². The first kappa shape index (κ1) is 23.1. The summed E-state index contributed by atoms with van der Waals surface area (Å²) >= 11 is 9.08. The molecular weight excluding hydrogens is 500 g/mol. The molecule has 180 valence electrons. The van der Waals surface area contributed by atoms with E-state index in [-0.39, 0.29) is 18.1 Å². The standard InChI is InChI=1S/C27H25ClN2O3S2/c28-22-3-1-2-4-24(22)35-25-23(31)11-27(29-26(25)32,20-9-10-34-16-20)19-5-7-21(8-6-19)30-12-17-14-33-15-18(17)13-30/h1-10,16-18,25H,11-15H2,(H,29,32). The SMILES string of the molecule is O=C1CC(c2ccc(N3CC4COCC4C3)cc2)(c2ccsc2)NC(=O)C1Sc1ccccc1Cl. The number of hydrogen-bond donors (Lipinski definition) is 1. The van der Waals surface area contributed by atoms with Crippen LogP contribution in [0.2, 0.25) is 5.02 Å². The number of carbonyl (C=O) groups is 2. The van der Waals surface area contributed by atoms with E-state index in [0.29, 0.717) is 16.9 Å². The minimum Gasteiger partial charge on any atom is -0.381 e. The van der Waals surface area contributed by atoms with E-state index in [1.807, 2.05) is 35.0 Å². The molecular formula is C27H25ClN2O3S2. The Kier molecular flexibility index (Phi) is 6.13. The number of piperidine rings is 1. The lowest BCUT2D eigenvalue weighted by Crippen LogP contribution is -2.57. The third kappa shape index (κ3) is 4.18. The number of carbonyl (C=O) groups excluding carboxylic acids is 2. The number of nitrogens with zero attached hydrogens (tertiary/aromatic N) is 1. The molecule has 3 aromatic rings. The molecule has 0 spiro atoms. The van der Waals surface area contributed by atoms with E-state index in [0.717, 1.165) is 42.3 Å². The van der Waals surface area contributed by atoms with Crippen LogP contribution in [-0.2, 0) is 19.9 Å². The first-order chi connectivity index (χ1) is 17.0. The van der Waals surface area contributed by atoms with Crippen LogP contribution in [0.1, 0.15) is 17.5 Å². The van der Waals surface area contributed by atoms with Crippen LogP contribution in [0.25, 0.3) is 0 Å². The third-order valence-electron chi connectivity index (χ3n) is 7.37. The molecule has 0 saturated carbocycles. The van der Waals surface area contributed by atoms with Crippen molar-refractivity contribution in [3.63, 3.8) is 0 Å². The van der Waals surface area contributed by atoms with Crippen LogP contribution in [0.15, 0.2) is 70.3 Å². The number of nitrogens with one attached hydrogen (secondary N) is 1. The Labute approximate surface area is 217 Å². The minimum atomic E-state index is -0.875. The van der Waals surface area contributed by atoms with Crippen molar-refractivity contribution in [2.24, 2.45) is 11.8 Å². The highest BCUT2D eigenvalue weighted by atomic mass is 35.5. The van der Waals surface area contributed by atoms with Crippen molar-refractivity contribution in [3.05, 3.63) is 81.5 Å². The van der Waals surface area contributed by atoms with Crippen molar-refractivity contribution in [3.8, 4) is 0 Å². The van der Waals surface area contributed by atoms with Gasteiger partial charge in [0.15, 0.2) is 5.78 Å². The van der Waals surface area contributed by atoms with Gasteiger partial charge in [-0.15, -0.1) is 11.8 Å². The second-order valence-corrected chi connectivity index (χ2v) is 11.8. The lowest BCUT2D eigenvalue weighted by molar-refractivity contribution is -0.132. The van der Waals surface area contributed by atoms with Gasteiger partial charge in [0.05, 0.1) is 23.8 Å². The van der Waals surface area contributed by atoms with E-state index in [9.17, 15) is 9.59 Å². The summed E-state index contributed by atoms with van der Waals surface area (Å²) in [5.74, 6) is 0.833. The molecule has 1 N–H and O–H groups in total. The van der Waals surface area contributed by atoms with Crippen LogP contribution in [0.4, 0.5) is 5.69 Å². The summed E-state index contributed by atoms with van der Waals surface area (Å²) in [6, 6.07) is 17.7. The highest BCUT2D eigenvalue weighted by molar-refractivity contribution is 8.01. The number of ether oxygens (including phenoxy) is 1. The molecule has 1 aromatic heterocycles. The van der Waals surface area contributed by atoms with Crippen LogP contribution in [0.5, 0.6) is 0 Å². The van der Waals surface area contributed by atoms with Crippen molar-refractivity contribution < 1.29 is 14.3 Å². The molecule has 3 aliphatic rings. The third-order valence-corrected chi connectivity index (χ3v) is 9.82. The number of Topliss-reactive ketones (excluding diaryl/α,β-unsaturated/α-hetero) is 1. The first-order valence-corrected chi connectivity index (χ1v) is 14.0. The van der Waals surface area contributed by atoms with E-state index in [1.165, 1.54) is 17.4 Å². The van der Waals surface area contributed by atoms with E-state index in [1.54, 1.807) is 17.4 Å². The maximum Gasteiger partial charge on any atom is 0.242 e. The summed E-state index contributed by atoms with van der Waals surface area (Å²) < 4.78 is 5.61. The number of fused-ring (bicyclic) bond motifs is 1. The van der Waals surface area contributed by atoms with E-state index in [2.05, 4.69) is 34.5 Å². The molecule has 1 amide bonds. The van der Waals surface area contributed by atoms with Gasteiger partial charge >= 0.3 is 0 Å². The van der Waals surface area contributed by atoms with E-state index in [4.69, 9.17) is 16.3 Å². The van der Waals surface area contributed by atoms with Gasteiger partial charge in [-0.2, -0.15) is 11.3 Å². The van der Waals surface area contributed by atoms with Gasteiger partial charge in [-0.3, -0.25) is 9.59 Å². The Morgan fingerprint density at radius 1 is 1.00 bits per heavy atom. The fourth-order valence-electron chi connectivity index (χ4n) is 5.48. The van der Waals surface area contributed by atoms with E-state index >= 15 is 0 Å². The second kappa shape index (κ2) is 9.28. The molecule has 3 fully saturated rings. The molecule has 3 aliphatic heterocycles. The molecule has 0 bridgehead atoms. The van der Waals surface area contributed by atoms with Gasteiger partial charge in [0.2, 0.25) is 5.91 Å². The zero-order chi connectivity index (χ0) is 24.0. The van der Waals surface area contributed by atoms with Crippen molar-refractivity contribution in [1.82, 2.24) is 5.32 Å². The number of thioether (sulfide) groups is 1. The summed E-state index contributed by atoms with van der Waals surface area (Å²) in [5, 5.41) is 6.96. The Hall–Kier alpha value is -2.32. The highest BCUT2D eigenvalue weighted by Crippen LogP contribution is 2.42. The summed E-state index contributed by atoms with van der Waals surface area (Å²) in [7, 11) is 0. The zero-order valence-corrected chi connectivity index (χ0v) is 21.4. The fourth-order valence-corrected chi connectivity index (χ4v) is 7.46. The fraction of sp³-hybridized carbons (Fsp3) is 0.333. The highest BCUT2D eigenvalue weighted by Gasteiger charge is 2.47. The number of hydrogen-bond acceptors (Lipinski definition) is 6. The second-order valence-electron chi connectivity index (χ2n) is 9.49. The van der Waals surface area contributed by atoms with Gasteiger partial charge in [-0.1, -0.05) is 35.9 Å². The van der Waals surface area contributed by atoms with Gasteiger partial charge in [0.25, 0.3) is 0 Å². The maximum atomic E-state index is 13.5. The molecule has 4 atom stereocenters. The largest absolute Gasteiger partial charge is 0.381 e. The van der Waals surface area contributed by atoms with Gasteiger partial charge in [0.1, 0.15) is 5.25 Å². The smallest absolute Gasteiger partial charge is 0.242 e. The van der Waals surface area contributed by atoms with Crippen LogP contribution < -0.4 is 10.2 Å². The molecule has 8 heteroatoms. The maximum absolute atomic E-state index is 13.5. The molecule has 35 heavy (non-hydrogen) atoms. The number of benzene rings is 2. The summed E-state index contributed by atoms with van der Waals surface area (Å²) in [6.45, 7) is 3.72. The van der Waals surface area contributed by atoms with Crippen molar-refractivity contribution in [2.45, 2.75) is 22.1 Å². The summed E-state index contributed by atoms with van der Waals surface area (Å²) in [5.41, 5.74) is 2.15. The Bertz CT molecular complexity index is 1220. The minimum absolute atomic E-state index is 0.0960. The van der Waals surface area contributed by atoms with Crippen LogP contribution in [0, 0.1) is 11.8 Å². The summed E-state index contributed by atoms with van der Waals surface area (Å²) in [4.78, 5) is 30.0. The Morgan fingerprint density at radius 3 is 2.40 bits per heavy atom.